The first-order valence-corrected chi connectivity index (χ1v) is 9.06. The van der Waals surface area contributed by atoms with Crippen molar-refractivity contribution in [2.45, 2.75) is 12.5 Å². The van der Waals surface area contributed by atoms with Crippen LogP contribution >= 0.6 is 11.3 Å². The first kappa shape index (κ1) is 16.0. The molecule has 4 heterocycles. The van der Waals surface area contributed by atoms with Gasteiger partial charge in [-0.05, 0) is 17.7 Å². The van der Waals surface area contributed by atoms with Gasteiger partial charge in [0.2, 0.25) is 5.91 Å². The molecule has 1 unspecified atom stereocenters. The fourth-order valence-electron chi connectivity index (χ4n) is 3.04. The van der Waals surface area contributed by atoms with Gasteiger partial charge in [0.1, 0.15) is 11.3 Å². The van der Waals surface area contributed by atoms with Gasteiger partial charge >= 0.3 is 0 Å². The molecule has 3 aromatic rings. The number of nitrogens with one attached hydrogen (secondary N) is 1. The Bertz CT molecular complexity index is 832. The van der Waals surface area contributed by atoms with Crippen LogP contribution in [0.15, 0.2) is 52.9 Å². The van der Waals surface area contributed by atoms with E-state index in [2.05, 4.69) is 15.3 Å². The van der Waals surface area contributed by atoms with Crippen LogP contribution in [-0.2, 0) is 11.2 Å². The van der Waals surface area contributed by atoms with Crippen molar-refractivity contribution in [3.8, 4) is 10.6 Å². The van der Waals surface area contributed by atoms with Gasteiger partial charge in [0.25, 0.3) is 0 Å². The van der Waals surface area contributed by atoms with Crippen LogP contribution in [0.1, 0.15) is 17.3 Å². The van der Waals surface area contributed by atoms with E-state index in [0.29, 0.717) is 13.0 Å². The molecule has 0 saturated carbocycles. The molecule has 1 saturated heterocycles. The summed E-state index contributed by atoms with van der Waals surface area (Å²) in [6.07, 6.45) is 7.18. The molecule has 1 aliphatic rings. The van der Waals surface area contributed by atoms with E-state index in [4.69, 9.17) is 4.42 Å². The predicted octanol–water partition coefficient (Wildman–Crippen LogP) is 2.51. The van der Waals surface area contributed by atoms with E-state index in [-0.39, 0.29) is 11.9 Å². The van der Waals surface area contributed by atoms with Crippen LogP contribution in [0, 0.1) is 0 Å². The molecule has 0 bridgehead atoms. The molecule has 4 rings (SSSR count). The number of aromatic nitrogens is 2. The first-order chi connectivity index (χ1) is 12.3. The van der Waals surface area contributed by atoms with Crippen LogP contribution in [0.2, 0.25) is 0 Å². The molecular weight excluding hydrogens is 336 g/mol. The number of piperazine rings is 1. The van der Waals surface area contributed by atoms with Crippen LogP contribution in [0.5, 0.6) is 0 Å². The number of amides is 1. The minimum atomic E-state index is 0.0157. The van der Waals surface area contributed by atoms with Crippen molar-refractivity contribution in [1.82, 2.24) is 20.2 Å². The molecule has 1 N–H and O–H groups in total. The Balaban J connectivity index is 1.49. The van der Waals surface area contributed by atoms with Crippen LogP contribution in [-0.4, -0.2) is 40.4 Å². The number of carbonyl (C=O) groups is 1. The lowest BCUT2D eigenvalue weighted by atomic mass is 10.0. The van der Waals surface area contributed by atoms with E-state index in [0.717, 1.165) is 34.9 Å². The largest absolute Gasteiger partial charge is 0.472 e. The highest BCUT2D eigenvalue weighted by Crippen LogP contribution is 2.26. The molecule has 25 heavy (non-hydrogen) atoms. The van der Waals surface area contributed by atoms with Crippen molar-refractivity contribution in [2.75, 3.05) is 19.6 Å². The summed E-state index contributed by atoms with van der Waals surface area (Å²) in [4.78, 5) is 23.6. The summed E-state index contributed by atoms with van der Waals surface area (Å²) in [6.45, 7) is 2.24. The zero-order valence-corrected chi connectivity index (χ0v) is 14.4. The van der Waals surface area contributed by atoms with Crippen molar-refractivity contribution in [3.05, 3.63) is 59.8 Å². The summed E-state index contributed by atoms with van der Waals surface area (Å²) >= 11 is 1.53. The zero-order valence-electron chi connectivity index (χ0n) is 13.6. The lowest BCUT2D eigenvalue weighted by molar-refractivity contribution is -0.133. The molecule has 1 amide bonds. The average molecular weight is 354 g/mol. The van der Waals surface area contributed by atoms with E-state index < -0.39 is 0 Å². The van der Waals surface area contributed by atoms with Gasteiger partial charge in [-0.15, -0.1) is 11.3 Å². The third-order valence-electron chi connectivity index (χ3n) is 4.29. The van der Waals surface area contributed by atoms with E-state index in [1.54, 1.807) is 18.7 Å². The molecule has 1 atom stereocenters. The second kappa shape index (κ2) is 7.16. The van der Waals surface area contributed by atoms with Crippen molar-refractivity contribution in [3.63, 3.8) is 0 Å². The molecule has 1 fully saturated rings. The van der Waals surface area contributed by atoms with Crippen LogP contribution in [0.3, 0.4) is 0 Å². The summed E-state index contributed by atoms with van der Waals surface area (Å²) in [6, 6.07) is 5.82. The Morgan fingerprint density at radius 2 is 2.40 bits per heavy atom. The average Bonchev–Trinajstić information content (AvgIpc) is 3.34. The summed E-state index contributed by atoms with van der Waals surface area (Å²) in [5.74, 6) is 0.0967. The quantitative estimate of drug-likeness (QED) is 0.779. The number of pyridine rings is 1. The van der Waals surface area contributed by atoms with Crippen LogP contribution in [0.25, 0.3) is 10.6 Å². The number of carbonyl (C=O) groups excluding carboxylic acids is 1. The van der Waals surface area contributed by atoms with Crippen LogP contribution in [0.4, 0.5) is 0 Å². The van der Waals surface area contributed by atoms with E-state index in [1.807, 2.05) is 34.7 Å². The summed E-state index contributed by atoms with van der Waals surface area (Å²) in [5, 5.41) is 6.18. The zero-order chi connectivity index (χ0) is 17.1. The standard InChI is InChI=1S/C18H18N4O2S/c23-17(8-15-12-25-18(21-15)14-3-7-24-11-14)22-6-5-20-10-16(22)13-2-1-4-19-9-13/h1-4,7,9,11-12,16,20H,5-6,8,10H2. The van der Waals surface area contributed by atoms with Gasteiger partial charge < -0.3 is 14.6 Å². The molecule has 6 nitrogen and oxygen atoms in total. The Hall–Kier alpha value is -2.51. The molecule has 7 heteroatoms. The molecular formula is C18H18N4O2S. The van der Waals surface area contributed by atoms with Gasteiger partial charge in [-0.1, -0.05) is 6.07 Å². The summed E-state index contributed by atoms with van der Waals surface area (Å²) in [7, 11) is 0. The highest BCUT2D eigenvalue weighted by molar-refractivity contribution is 7.13. The maximum absolute atomic E-state index is 12.9. The van der Waals surface area contributed by atoms with E-state index in [1.165, 1.54) is 11.3 Å². The number of rotatable bonds is 4. The van der Waals surface area contributed by atoms with Crippen molar-refractivity contribution in [1.29, 1.82) is 0 Å². The van der Waals surface area contributed by atoms with E-state index in [9.17, 15) is 4.79 Å². The third kappa shape index (κ3) is 3.47. The number of furan rings is 1. The Morgan fingerprint density at radius 3 is 3.20 bits per heavy atom. The summed E-state index contributed by atoms with van der Waals surface area (Å²) in [5.41, 5.74) is 2.80. The van der Waals surface area contributed by atoms with Gasteiger partial charge in [-0.2, -0.15) is 0 Å². The van der Waals surface area contributed by atoms with Gasteiger partial charge in [0, 0.05) is 43.0 Å². The maximum Gasteiger partial charge on any atom is 0.229 e. The third-order valence-corrected chi connectivity index (χ3v) is 5.23. The Labute approximate surface area is 149 Å². The molecule has 3 aromatic heterocycles. The second-order valence-corrected chi connectivity index (χ2v) is 6.78. The number of thiazole rings is 1. The van der Waals surface area contributed by atoms with Gasteiger partial charge in [-0.25, -0.2) is 4.98 Å². The number of hydrogen-bond donors (Lipinski definition) is 1. The molecule has 0 radical (unpaired) electrons. The van der Waals surface area contributed by atoms with E-state index >= 15 is 0 Å². The molecule has 0 spiro atoms. The molecule has 1 aliphatic heterocycles. The van der Waals surface area contributed by atoms with Gasteiger partial charge in [0.15, 0.2) is 0 Å². The monoisotopic (exact) mass is 354 g/mol. The first-order valence-electron chi connectivity index (χ1n) is 8.18. The van der Waals surface area contributed by atoms with Crippen molar-refractivity contribution >= 4 is 17.2 Å². The number of nitrogens with zero attached hydrogens (tertiary/aromatic N) is 3. The normalized spacial score (nSPS) is 17.6. The topological polar surface area (TPSA) is 71.3 Å². The lowest BCUT2D eigenvalue weighted by Gasteiger charge is -2.36. The van der Waals surface area contributed by atoms with Gasteiger partial charge in [0.05, 0.1) is 24.4 Å². The minimum Gasteiger partial charge on any atom is -0.472 e. The lowest BCUT2D eigenvalue weighted by Crippen LogP contribution is -2.49. The smallest absolute Gasteiger partial charge is 0.229 e. The maximum atomic E-state index is 12.9. The summed E-state index contributed by atoms with van der Waals surface area (Å²) < 4.78 is 5.10. The molecule has 128 valence electrons. The minimum absolute atomic E-state index is 0.0157. The molecule has 0 aliphatic carbocycles. The van der Waals surface area contributed by atoms with Crippen LogP contribution < -0.4 is 5.32 Å². The second-order valence-electron chi connectivity index (χ2n) is 5.93. The highest BCUT2D eigenvalue weighted by atomic mass is 32.1. The number of hydrogen-bond acceptors (Lipinski definition) is 6. The van der Waals surface area contributed by atoms with Gasteiger partial charge in [-0.3, -0.25) is 9.78 Å². The fraction of sp³-hybridized carbons (Fsp3) is 0.278. The Morgan fingerprint density at radius 1 is 1.44 bits per heavy atom. The SMILES string of the molecule is O=C(Cc1csc(-c2ccoc2)n1)N1CCNCC1c1cccnc1. The van der Waals surface area contributed by atoms with Crippen molar-refractivity contribution < 1.29 is 9.21 Å². The fourth-order valence-corrected chi connectivity index (χ4v) is 3.84. The molecule has 0 aromatic carbocycles. The highest BCUT2D eigenvalue weighted by Gasteiger charge is 2.28. The Kier molecular flexibility index (Phi) is 4.58. The predicted molar refractivity (Wildman–Crippen MR) is 95.1 cm³/mol. The van der Waals surface area contributed by atoms with Crippen molar-refractivity contribution in [2.24, 2.45) is 0 Å².